The molecule has 0 aliphatic heterocycles. The lowest BCUT2D eigenvalue weighted by Gasteiger charge is -2.23. The molecule has 0 bridgehead atoms. The Balaban J connectivity index is 1.13. The Labute approximate surface area is 288 Å². The van der Waals surface area contributed by atoms with Gasteiger partial charge in [0.25, 0.3) is 0 Å². The molecule has 0 spiro atoms. The quantitative estimate of drug-likeness (QED) is 0.163. The van der Waals surface area contributed by atoms with Gasteiger partial charge in [0.1, 0.15) is 0 Å². The molecule has 0 saturated carbocycles. The van der Waals surface area contributed by atoms with Gasteiger partial charge < -0.3 is 15.6 Å². The highest BCUT2D eigenvalue weighted by Gasteiger charge is 2.18. The van der Waals surface area contributed by atoms with Crippen molar-refractivity contribution in [2.24, 2.45) is 5.73 Å². The van der Waals surface area contributed by atoms with E-state index in [2.05, 4.69) is 175 Å². The molecule has 0 saturated heterocycles. The molecule has 2 unspecified atom stereocenters. The molecule has 0 amide bonds. The lowest BCUT2D eigenvalue weighted by atomic mass is 9.90. The number of aromatic nitrogens is 1. The van der Waals surface area contributed by atoms with Crippen LogP contribution in [0.3, 0.4) is 0 Å². The van der Waals surface area contributed by atoms with Crippen molar-refractivity contribution in [3.8, 4) is 5.69 Å². The van der Waals surface area contributed by atoms with Crippen LogP contribution >= 0.6 is 0 Å². The first-order valence-electron chi connectivity index (χ1n) is 17.4. The van der Waals surface area contributed by atoms with E-state index in [0.29, 0.717) is 0 Å². The summed E-state index contributed by atoms with van der Waals surface area (Å²) >= 11 is 0. The van der Waals surface area contributed by atoms with Gasteiger partial charge in [-0.2, -0.15) is 0 Å². The van der Waals surface area contributed by atoms with Crippen molar-refractivity contribution in [1.82, 2.24) is 9.88 Å². The molecule has 3 heteroatoms. The largest absolute Gasteiger partial charge is 0.400 e. The summed E-state index contributed by atoms with van der Waals surface area (Å²) in [5.74, 6) is 0.115. The van der Waals surface area contributed by atoms with Gasteiger partial charge in [-0.1, -0.05) is 116 Å². The van der Waals surface area contributed by atoms with Gasteiger partial charge in [-0.3, -0.25) is 0 Å². The average molecular weight is 636 g/mol. The minimum Gasteiger partial charge on any atom is -0.400 e. The number of para-hydroxylation sites is 1. The van der Waals surface area contributed by atoms with Crippen LogP contribution in [0, 0.1) is 0 Å². The van der Waals surface area contributed by atoms with Gasteiger partial charge >= 0.3 is 0 Å². The number of benzene rings is 7. The number of allylic oxidation sites excluding steroid dienone is 3. The van der Waals surface area contributed by atoms with Crippen LogP contribution in [0.4, 0.5) is 0 Å². The third-order valence-electron chi connectivity index (χ3n) is 10.1. The normalized spacial score (nSPS) is 13.9. The van der Waals surface area contributed by atoms with E-state index < -0.39 is 0 Å². The van der Waals surface area contributed by atoms with E-state index in [0.717, 1.165) is 17.8 Å². The van der Waals surface area contributed by atoms with Gasteiger partial charge in [0.15, 0.2) is 0 Å². The Morgan fingerprint density at radius 1 is 0.633 bits per heavy atom. The van der Waals surface area contributed by atoms with E-state index in [1.807, 2.05) is 6.92 Å². The maximum absolute atomic E-state index is 6.99. The number of hydrogen-bond donors (Lipinski definition) is 2. The zero-order chi connectivity index (χ0) is 33.5. The second-order valence-corrected chi connectivity index (χ2v) is 13.2. The fourth-order valence-corrected chi connectivity index (χ4v) is 7.55. The molecule has 3 nitrogen and oxygen atoms in total. The van der Waals surface area contributed by atoms with Crippen molar-refractivity contribution in [3.05, 3.63) is 174 Å². The van der Waals surface area contributed by atoms with Crippen molar-refractivity contribution in [1.29, 1.82) is 0 Å². The molecule has 0 fully saturated rings. The van der Waals surface area contributed by atoms with Gasteiger partial charge in [-0.25, -0.2) is 0 Å². The molecular weight excluding hydrogens is 595 g/mol. The minimum atomic E-state index is 0.0635. The van der Waals surface area contributed by atoms with E-state index in [4.69, 9.17) is 5.73 Å². The molecule has 3 N–H and O–H groups in total. The highest BCUT2D eigenvalue weighted by atomic mass is 15.0. The highest BCUT2D eigenvalue weighted by Crippen LogP contribution is 2.36. The van der Waals surface area contributed by atoms with Crippen LogP contribution < -0.4 is 11.1 Å². The van der Waals surface area contributed by atoms with Gasteiger partial charge in [-0.05, 0) is 106 Å². The standard InChI is InChI=1S/C46H41N3/c1-4-12-43(46(47)40(5-2)38-22-19-31-13-6-7-14-33(31)26-38)48-30(3)32-20-21-37-27-39(24-23-36(37)25-32)49-44-18-11-10-17-41(44)42-28-34-15-8-9-16-35(34)29-45(42)49/h4,6-30,40,48H,5,47H2,1-3H3/b12-4-,46-43+. The predicted octanol–water partition coefficient (Wildman–Crippen LogP) is 11.8. The first-order valence-corrected chi connectivity index (χ1v) is 17.4. The lowest BCUT2D eigenvalue weighted by molar-refractivity contribution is 0.641. The summed E-state index contributed by atoms with van der Waals surface area (Å²) in [5, 5.41) is 13.8. The monoisotopic (exact) mass is 635 g/mol. The third-order valence-corrected chi connectivity index (χ3v) is 10.1. The molecule has 2 atom stereocenters. The first-order chi connectivity index (χ1) is 24.0. The number of fused-ring (bicyclic) bond motifs is 6. The third kappa shape index (κ3) is 5.52. The zero-order valence-corrected chi connectivity index (χ0v) is 28.3. The van der Waals surface area contributed by atoms with Crippen LogP contribution in [-0.4, -0.2) is 4.57 Å². The average Bonchev–Trinajstić information content (AvgIpc) is 3.46. The SMILES string of the molecule is C/C=C\C(NC(C)c1ccc2cc(-n3c4ccccc4c4cc5ccccc5cc43)ccc2c1)=C(/N)C(CC)c1ccc2ccccc2c1. The molecular formula is C46H41N3. The maximum Gasteiger partial charge on any atom is 0.0547 e. The van der Waals surface area contributed by atoms with Crippen LogP contribution in [0.1, 0.15) is 50.3 Å². The van der Waals surface area contributed by atoms with E-state index in [1.165, 1.54) is 70.9 Å². The lowest BCUT2D eigenvalue weighted by Crippen LogP contribution is -2.23. The summed E-state index contributed by atoms with van der Waals surface area (Å²) in [6.45, 7) is 6.47. The van der Waals surface area contributed by atoms with E-state index in [9.17, 15) is 0 Å². The van der Waals surface area contributed by atoms with Gasteiger partial charge in [0, 0.05) is 34.1 Å². The van der Waals surface area contributed by atoms with E-state index in [-0.39, 0.29) is 12.0 Å². The number of rotatable bonds is 8. The van der Waals surface area contributed by atoms with Crippen LogP contribution in [0.25, 0.3) is 59.8 Å². The fraction of sp³-hybridized carbons (Fsp3) is 0.130. The fourth-order valence-electron chi connectivity index (χ4n) is 7.55. The van der Waals surface area contributed by atoms with E-state index in [1.54, 1.807) is 0 Å². The minimum absolute atomic E-state index is 0.0635. The second kappa shape index (κ2) is 12.7. The van der Waals surface area contributed by atoms with Gasteiger partial charge in [0.2, 0.25) is 0 Å². The Morgan fingerprint density at radius 2 is 1.22 bits per heavy atom. The van der Waals surface area contributed by atoms with Crippen molar-refractivity contribution in [2.45, 2.75) is 39.2 Å². The summed E-state index contributed by atoms with van der Waals surface area (Å²) in [4.78, 5) is 0. The van der Waals surface area contributed by atoms with Crippen LogP contribution in [-0.2, 0) is 0 Å². The molecule has 240 valence electrons. The second-order valence-electron chi connectivity index (χ2n) is 13.2. The van der Waals surface area contributed by atoms with Gasteiger partial charge in [0.05, 0.1) is 16.7 Å². The number of hydrogen-bond acceptors (Lipinski definition) is 2. The number of nitrogens with zero attached hydrogens (tertiary/aromatic N) is 1. The zero-order valence-electron chi connectivity index (χ0n) is 28.3. The Morgan fingerprint density at radius 3 is 2.00 bits per heavy atom. The Kier molecular flexibility index (Phi) is 7.89. The predicted molar refractivity (Wildman–Crippen MR) is 210 cm³/mol. The van der Waals surface area contributed by atoms with E-state index >= 15 is 0 Å². The van der Waals surface area contributed by atoms with Crippen molar-refractivity contribution in [3.63, 3.8) is 0 Å². The summed E-state index contributed by atoms with van der Waals surface area (Å²) < 4.78 is 2.41. The van der Waals surface area contributed by atoms with Crippen molar-refractivity contribution in [2.75, 3.05) is 0 Å². The first kappa shape index (κ1) is 30.5. The molecule has 7 aromatic carbocycles. The van der Waals surface area contributed by atoms with Crippen molar-refractivity contribution >= 4 is 54.1 Å². The summed E-state index contributed by atoms with van der Waals surface area (Å²) in [5.41, 5.74) is 14.9. The molecule has 8 rings (SSSR count). The number of nitrogens with one attached hydrogen (secondary N) is 1. The topological polar surface area (TPSA) is 43.0 Å². The Bertz CT molecular complexity index is 2570. The van der Waals surface area contributed by atoms with Crippen LogP contribution in [0.2, 0.25) is 0 Å². The summed E-state index contributed by atoms with van der Waals surface area (Å²) in [6, 6.07) is 50.9. The maximum atomic E-state index is 6.99. The number of nitrogens with two attached hydrogens (primary N) is 1. The van der Waals surface area contributed by atoms with Gasteiger partial charge in [-0.15, -0.1) is 0 Å². The van der Waals surface area contributed by atoms with Crippen molar-refractivity contribution < 1.29 is 0 Å². The molecule has 49 heavy (non-hydrogen) atoms. The molecule has 0 aliphatic rings. The summed E-state index contributed by atoms with van der Waals surface area (Å²) in [6.07, 6.45) is 5.09. The van der Waals surface area contributed by atoms with Crippen LogP contribution in [0.15, 0.2) is 163 Å². The molecule has 1 aromatic heterocycles. The molecule has 8 aromatic rings. The Hall–Kier alpha value is -5.80. The van der Waals surface area contributed by atoms with Crippen LogP contribution in [0.5, 0.6) is 0 Å². The summed E-state index contributed by atoms with van der Waals surface area (Å²) in [7, 11) is 0. The smallest absolute Gasteiger partial charge is 0.0547 e. The highest BCUT2D eigenvalue weighted by molar-refractivity contribution is 6.13. The molecule has 0 aliphatic carbocycles. The molecule has 0 radical (unpaired) electrons. The molecule has 1 heterocycles.